The molecule has 1 heterocycles. The van der Waals surface area contributed by atoms with Crippen LogP contribution in [0, 0.1) is 0 Å². The fourth-order valence-corrected chi connectivity index (χ4v) is 1.64. The van der Waals surface area contributed by atoms with Gasteiger partial charge in [0.2, 0.25) is 11.8 Å². The highest BCUT2D eigenvalue weighted by molar-refractivity contribution is 9.10. The maximum Gasteiger partial charge on any atom is 0.266 e. The number of nitrogens with zero attached hydrogens (tertiary/aromatic N) is 1. The molecule has 0 aliphatic rings. The van der Waals surface area contributed by atoms with Crippen LogP contribution in [0.3, 0.4) is 0 Å². The molecular weight excluding hydrogens is 298 g/mol. The quantitative estimate of drug-likeness (QED) is 0.869. The van der Waals surface area contributed by atoms with Gasteiger partial charge in [0.1, 0.15) is 4.60 Å². The second kappa shape index (κ2) is 5.90. The van der Waals surface area contributed by atoms with Crippen molar-refractivity contribution in [2.24, 2.45) is 0 Å². The Morgan fingerprint density at radius 1 is 1.65 bits per heavy atom. The van der Waals surface area contributed by atoms with Gasteiger partial charge in [0.25, 0.3) is 6.43 Å². The minimum absolute atomic E-state index is 0.0207. The first-order valence-electron chi connectivity index (χ1n) is 4.82. The molecule has 0 unspecified atom stereocenters. The number of aromatic nitrogens is 1. The number of carbonyl (C=O) groups excluding carboxylic acids is 1. The molecule has 0 spiro atoms. The SMILES string of the molecule is CCC(=O)Nc1c(C(F)F)cc(OC)nc1Br. The Kier molecular flexibility index (Phi) is 4.80. The van der Waals surface area contributed by atoms with Crippen LogP contribution in [0.15, 0.2) is 10.7 Å². The van der Waals surface area contributed by atoms with Gasteiger partial charge in [0, 0.05) is 18.1 Å². The summed E-state index contributed by atoms with van der Waals surface area (Å²) in [5.41, 5.74) is -0.349. The Hall–Kier alpha value is -1.24. The standard InChI is InChI=1S/C10H11BrF2N2O2/c1-3-6(16)14-8-5(10(12)13)4-7(17-2)15-9(8)11/h4,10H,3H2,1-2H3,(H,14,16). The van der Waals surface area contributed by atoms with Crippen LogP contribution in [0.25, 0.3) is 0 Å². The Balaban J connectivity index is 3.21. The lowest BCUT2D eigenvalue weighted by Gasteiger charge is -2.13. The van der Waals surface area contributed by atoms with E-state index >= 15 is 0 Å². The zero-order valence-electron chi connectivity index (χ0n) is 9.26. The highest BCUT2D eigenvalue weighted by Crippen LogP contribution is 2.34. The third-order valence-corrected chi connectivity index (χ3v) is 2.59. The largest absolute Gasteiger partial charge is 0.481 e. The van der Waals surface area contributed by atoms with Crippen molar-refractivity contribution in [3.8, 4) is 5.88 Å². The van der Waals surface area contributed by atoms with E-state index in [-0.39, 0.29) is 34.1 Å². The number of methoxy groups -OCH3 is 1. The van der Waals surface area contributed by atoms with Gasteiger partial charge in [-0.2, -0.15) is 0 Å². The van der Waals surface area contributed by atoms with E-state index in [0.29, 0.717) is 0 Å². The molecule has 1 aromatic heterocycles. The number of rotatable bonds is 4. The van der Waals surface area contributed by atoms with Crippen LogP contribution in [-0.2, 0) is 4.79 Å². The summed E-state index contributed by atoms with van der Waals surface area (Å²) < 4.78 is 30.5. The average molecular weight is 309 g/mol. The van der Waals surface area contributed by atoms with Crippen molar-refractivity contribution >= 4 is 27.5 Å². The number of alkyl halides is 2. The second-order valence-corrected chi connectivity index (χ2v) is 3.87. The second-order valence-electron chi connectivity index (χ2n) is 3.12. The lowest BCUT2D eigenvalue weighted by atomic mass is 10.2. The van der Waals surface area contributed by atoms with Gasteiger partial charge in [0.15, 0.2) is 0 Å². The Bertz CT molecular complexity index is 427. The predicted octanol–water partition coefficient (Wildman–Crippen LogP) is 3.14. The number of pyridine rings is 1. The van der Waals surface area contributed by atoms with Crippen molar-refractivity contribution < 1.29 is 18.3 Å². The van der Waals surface area contributed by atoms with Gasteiger partial charge in [-0.3, -0.25) is 4.79 Å². The minimum atomic E-state index is -2.73. The van der Waals surface area contributed by atoms with Crippen LogP contribution in [-0.4, -0.2) is 18.0 Å². The molecule has 0 bridgehead atoms. The van der Waals surface area contributed by atoms with Gasteiger partial charge in [0.05, 0.1) is 12.8 Å². The Labute approximate surface area is 105 Å². The third kappa shape index (κ3) is 3.36. The van der Waals surface area contributed by atoms with Gasteiger partial charge in [-0.25, -0.2) is 13.8 Å². The van der Waals surface area contributed by atoms with E-state index in [4.69, 9.17) is 4.74 Å². The lowest BCUT2D eigenvalue weighted by molar-refractivity contribution is -0.115. The first-order chi connectivity index (χ1) is 7.99. The minimum Gasteiger partial charge on any atom is -0.481 e. The smallest absolute Gasteiger partial charge is 0.266 e. The van der Waals surface area contributed by atoms with Crippen molar-refractivity contribution in [2.75, 3.05) is 12.4 Å². The van der Waals surface area contributed by atoms with E-state index in [9.17, 15) is 13.6 Å². The fourth-order valence-electron chi connectivity index (χ4n) is 1.14. The van der Waals surface area contributed by atoms with E-state index in [1.54, 1.807) is 6.92 Å². The molecule has 1 aromatic rings. The van der Waals surface area contributed by atoms with Crippen molar-refractivity contribution in [1.82, 2.24) is 4.98 Å². The molecule has 0 aromatic carbocycles. The summed E-state index contributed by atoms with van der Waals surface area (Å²) in [4.78, 5) is 15.1. The highest BCUT2D eigenvalue weighted by Gasteiger charge is 2.20. The van der Waals surface area contributed by atoms with E-state index in [1.807, 2.05) is 0 Å². The topological polar surface area (TPSA) is 51.2 Å². The Morgan fingerprint density at radius 3 is 2.76 bits per heavy atom. The molecule has 1 N–H and O–H groups in total. The zero-order valence-corrected chi connectivity index (χ0v) is 10.8. The van der Waals surface area contributed by atoms with Crippen molar-refractivity contribution in [3.05, 3.63) is 16.2 Å². The van der Waals surface area contributed by atoms with Crippen LogP contribution in [0.2, 0.25) is 0 Å². The van der Waals surface area contributed by atoms with Crippen molar-refractivity contribution in [1.29, 1.82) is 0 Å². The van der Waals surface area contributed by atoms with Crippen molar-refractivity contribution in [3.63, 3.8) is 0 Å². The predicted molar refractivity (Wildman–Crippen MR) is 62.4 cm³/mol. The van der Waals surface area contributed by atoms with Gasteiger partial charge >= 0.3 is 0 Å². The molecule has 0 fully saturated rings. The van der Waals surface area contributed by atoms with E-state index in [1.165, 1.54) is 7.11 Å². The maximum absolute atomic E-state index is 12.8. The molecular formula is C10H11BrF2N2O2. The summed E-state index contributed by atoms with van der Waals surface area (Å²) in [6.45, 7) is 1.63. The molecule has 1 rings (SSSR count). The van der Waals surface area contributed by atoms with Gasteiger partial charge < -0.3 is 10.1 Å². The van der Waals surface area contributed by atoms with Crippen LogP contribution >= 0.6 is 15.9 Å². The van der Waals surface area contributed by atoms with E-state index in [2.05, 4.69) is 26.2 Å². The lowest BCUT2D eigenvalue weighted by Crippen LogP contribution is -2.13. The zero-order chi connectivity index (χ0) is 13.0. The van der Waals surface area contributed by atoms with Crippen molar-refractivity contribution in [2.45, 2.75) is 19.8 Å². The molecule has 0 aliphatic heterocycles. The molecule has 0 atom stereocenters. The summed E-state index contributed by atoms with van der Waals surface area (Å²) in [6.07, 6.45) is -2.53. The number of carbonyl (C=O) groups is 1. The molecule has 0 saturated heterocycles. The molecule has 17 heavy (non-hydrogen) atoms. The normalized spacial score (nSPS) is 10.5. The van der Waals surface area contributed by atoms with Gasteiger partial charge in [-0.05, 0) is 15.9 Å². The molecule has 0 aliphatic carbocycles. The molecule has 1 amide bonds. The average Bonchev–Trinajstić information content (AvgIpc) is 2.30. The number of ether oxygens (including phenoxy) is 1. The molecule has 4 nitrogen and oxygen atoms in total. The first-order valence-corrected chi connectivity index (χ1v) is 5.61. The van der Waals surface area contributed by atoms with Gasteiger partial charge in [-0.15, -0.1) is 0 Å². The summed E-state index contributed by atoms with van der Waals surface area (Å²) in [5.74, 6) is -0.304. The molecule has 94 valence electrons. The first kappa shape index (κ1) is 13.8. The van der Waals surface area contributed by atoms with Crippen LogP contribution < -0.4 is 10.1 Å². The summed E-state index contributed by atoms with van der Waals surface area (Å²) in [5, 5.41) is 2.38. The number of amides is 1. The summed E-state index contributed by atoms with van der Waals surface area (Å²) in [7, 11) is 1.33. The summed E-state index contributed by atoms with van der Waals surface area (Å²) >= 11 is 3.03. The third-order valence-electron chi connectivity index (χ3n) is 2.01. The number of nitrogens with one attached hydrogen (secondary N) is 1. The molecule has 0 radical (unpaired) electrons. The van der Waals surface area contributed by atoms with Crippen LogP contribution in [0.1, 0.15) is 25.3 Å². The number of hydrogen-bond donors (Lipinski definition) is 1. The number of anilines is 1. The molecule has 0 saturated carbocycles. The Morgan fingerprint density at radius 2 is 2.29 bits per heavy atom. The van der Waals surface area contributed by atoms with Crippen LogP contribution in [0.4, 0.5) is 14.5 Å². The highest BCUT2D eigenvalue weighted by atomic mass is 79.9. The molecule has 7 heteroatoms. The van der Waals surface area contributed by atoms with E-state index < -0.39 is 6.43 Å². The van der Waals surface area contributed by atoms with E-state index in [0.717, 1.165) is 6.07 Å². The monoisotopic (exact) mass is 308 g/mol. The fraction of sp³-hybridized carbons (Fsp3) is 0.400. The summed E-state index contributed by atoms with van der Waals surface area (Å²) in [6, 6.07) is 1.10. The maximum atomic E-state index is 12.8. The van der Waals surface area contributed by atoms with Crippen LogP contribution in [0.5, 0.6) is 5.88 Å². The number of halogens is 3. The van der Waals surface area contributed by atoms with Gasteiger partial charge in [-0.1, -0.05) is 6.92 Å². The number of hydrogen-bond acceptors (Lipinski definition) is 3.